The molecule has 3 nitrogen and oxygen atoms in total. The monoisotopic (exact) mass is 470 g/mol. The quantitative estimate of drug-likeness (QED) is 0.326. The summed E-state index contributed by atoms with van der Waals surface area (Å²) in [6.07, 6.45) is 12.3. The van der Waals surface area contributed by atoms with Gasteiger partial charge in [0.25, 0.3) is 0 Å². The van der Waals surface area contributed by atoms with E-state index in [1.807, 2.05) is 0 Å². The van der Waals surface area contributed by atoms with Crippen LogP contribution in [-0.2, 0) is 9.53 Å². The van der Waals surface area contributed by atoms with Gasteiger partial charge < -0.3 is 9.84 Å². The summed E-state index contributed by atoms with van der Waals surface area (Å²) in [6.45, 7) is 17.2. The van der Waals surface area contributed by atoms with E-state index in [2.05, 4.69) is 54.5 Å². The maximum absolute atomic E-state index is 13.4. The molecule has 4 fully saturated rings. The standard InChI is InChI=1S/C31H50O3/c1-19-11-16-31(26(33)34-8)18-17-29(6)21(25(31)20(19)2)9-10-23-28(5)14-13-24(32)27(3,4)22(28)12-15-30(23,29)7/h9,19-20,22-25,32H,10-18H2,1-8H3/t19-,20+,22?,23?,24-,25+,28+,29-,30-,31+/m1/s1. The number of rotatable bonds is 1. The van der Waals surface area contributed by atoms with Crippen LogP contribution >= 0.6 is 0 Å². The first-order chi connectivity index (χ1) is 15.8. The summed E-state index contributed by atoms with van der Waals surface area (Å²) in [5.74, 6) is 2.73. The van der Waals surface area contributed by atoms with E-state index in [1.165, 1.54) is 12.8 Å². The average molecular weight is 471 g/mol. The van der Waals surface area contributed by atoms with Crippen molar-refractivity contribution in [3.05, 3.63) is 11.6 Å². The Bertz CT molecular complexity index is 889. The molecule has 0 aliphatic heterocycles. The van der Waals surface area contributed by atoms with Gasteiger partial charge in [0.15, 0.2) is 0 Å². The third kappa shape index (κ3) is 2.83. The fourth-order valence-electron chi connectivity index (χ4n) is 11.0. The smallest absolute Gasteiger partial charge is 0.312 e. The van der Waals surface area contributed by atoms with Crippen molar-refractivity contribution < 1.29 is 14.6 Å². The fraction of sp³-hybridized carbons (Fsp3) is 0.903. The second-order valence-corrected chi connectivity index (χ2v) is 14.7. The summed E-state index contributed by atoms with van der Waals surface area (Å²) in [7, 11) is 1.60. The Morgan fingerprint density at radius 1 is 0.941 bits per heavy atom. The predicted octanol–water partition coefficient (Wildman–Crippen LogP) is 7.18. The molecule has 5 aliphatic carbocycles. The van der Waals surface area contributed by atoms with Crippen LogP contribution in [-0.4, -0.2) is 24.3 Å². The van der Waals surface area contributed by atoms with Crippen molar-refractivity contribution in [1.29, 1.82) is 0 Å². The number of hydrogen-bond donors (Lipinski definition) is 1. The van der Waals surface area contributed by atoms with Crippen LogP contribution in [0.5, 0.6) is 0 Å². The van der Waals surface area contributed by atoms with Gasteiger partial charge in [0.2, 0.25) is 0 Å². The Morgan fingerprint density at radius 2 is 1.65 bits per heavy atom. The molecule has 3 heteroatoms. The van der Waals surface area contributed by atoms with Crippen molar-refractivity contribution in [3.8, 4) is 0 Å². The van der Waals surface area contributed by atoms with Crippen molar-refractivity contribution in [2.24, 2.45) is 56.7 Å². The van der Waals surface area contributed by atoms with Crippen molar-refractivity contribution in [1.82, 2.24) is 0 Å². The maximum Gasteiger partial charge on any atom is 0.312 e. The minimum atomic E-state index is -0.326. The van der Waals surface area contributed by atoms with E-state index in [4.69, 9.17) is 4.74 Å². The van der Waals surface area contributed by atoms with Gasteiger partial charge >= 0.3 is 5.97 Å². The zero-order valence-corrected chi connectivity index (χ0v) is 23.2. The topological polar surface area (TPSA) is 46.5 Å². The van der Waals surface area contributed by atoms with Gasteiger partial charge in [0.1, 0.15) is 0 Å². The first-order valence-electron chi connectivity index (χ1n) is 14.3. The van der Waals surface area contributed by atoms with Crippen molar-refractivity contribution in [3.63, 3.8) is 0 Å². The molecular formula is C31H50O3. The molecule has 0 aromatic heterocycles. The lowest BCUT2D eigenvalue weighted by Gasteiger charge is -2.71. The largest absolute Gasteiger partial charge is 0.469 e. The zero-order valence-electron chi connectivity index (χ0n) is 23.2. The molecule has 34 heavy (non-hydrogen) atoms. The highest BCUT2D eigenvalue weighted by Crippen LogP contribution is 2.75. The number of carbonyl (C=O) groups is 1. The molecule has 192 valence electrons. The minimum absolute atomic E-state index is 0.0147. The molecule has 0 aromatic carbocycles. The van der Waals surface area contributed by atoms with E-state index >= 15 is 0 Å². The number of aliphatic hydroxyl groups is 1. The molecule has 5 rings (SSSR count). The van der Waals surface area contributed by atoms with Gasteiger partial charge in [-0.3, -0.25) is 4.79 Å². The third-order valence-corrected chi connectivity index (χ3v) is 13.6. The van der Waals surface area contributed by atoms with Crippen LogP contribution in [0, 0.1) is 56.7 Å². The van der Waals surface area contributed by atoms with E-state index in [1.54, 1.807) is 12.7 Å². The molecule has 10 atom stereocenters. The highest BCUT2D eigenvalue weighted by Gasteiger charge is 2.69. The van der Waals surface area contributed by atoms with Gasteiger partial charge in [0.05, 0.1) is 18.6 Å². The minimum Gasteiger partial charge on any atom is -0.469 e. The van der Waals surface area contributed by atoms with Crippen molar-refractivity contribution in [2.75, 3.05) is 7.11 Å². The number of carbonyl (C=O) groups excluding carboxylic acids is 1. The van der Waals surface area contributed by atoms with E-state index in [-0.39, 0.29) is 39.1 Å². The first kappa shape index (κ1) is 24.8. The Hall–Kier alpha value is -0.830. The molecule has 0 aromatic rings. The highest BCUT2D eigenvalue weighted by molar-refractivity contribution is 5.78. The molecule has 4 saturated carbocycles. The SMILES string of the molecule is COC(=O)[C@]12CC[C@@H](C)[C@H](C)[C@H]1C1=CCC3[C@@]4(C)CC[C@@H](O)C(C)(C)C4CC[C@@]3(C)[C@]1(C)CC2. The van der Waals surface area contributed by atoms with Crippen LogP contribution in [0.15, 0.2) is 11.6 Å². The summed E-state index contributed by atoms with van der Waals surface area (Å²) >= 11 is 0. The van der Waals surface area contributed by atoms with Gasteiger partial charge in [-0.1, -0.05) is 60.1 Å². The van der Waals surface area contributed by atoms with Crippen LogP contribution in [0.3, 0.4) is 0 Å². The lowest BCUT2D eigenvalue weighted by Crippen LogP contribution is -2.65. The Balaban J connectivity index is 1.61. The third-order valence-electron chi connectivity index (χ3n) is 13.6. The van der Waals surface area contributed by atoms with Gasteiger partial charge in [-0.2, -0.15) is 0 Å². The summed E-state index contributed by atoms with van der Waals surface area (Å²) in [5, 5.41) is 10.9. The van der Waals surface area contributed by atoms with E-state index in [0.29, 0.717) is 29.6 Å². The predicted molar refractivity (Wildman–Crippen MR) is 137 cm³/mol. The van der Waals surface area contributed by atoms with Crippen LogP contribution in [0.1, 0.15) is 106 Å². The van der Waals surface area contributed by atoms with E-state index in [0.717, 1.165) is 44.9 Å². The zero-order chi connectivity index (χ0) is 24.9. The summed E-state index contributed by atoms with van der Waals surface area (Å²) in [4.78, 5) is 13.4. The highest BCUT2D eigenvalue weighted by atomic mass is 16.5. The molecule has 0 radical (unpaired) electrons. The number of esters is 1. The van der Waals surface area contributed by atoms with Crippen LogP contribution < -0.4 is 0 Å². The number of methoxy groups -OCH3 is 1. The Morgan fingerprint density at radius 3 is 2.32 bits per heavy atom. The normalized spacial score (nSPS) is 54.0. The number of hydrogen-bond acceptors (Lipinski definition) is 3. The van der Waals surface area contributed by atoms with Gasteiger partial charge in [-0.25, -0.2) is 0 Å². The molecule has 0 spiro atoms. The van der Waals surface area contributed by atoms with Gasteiger partial charge in [0, 0.05) is 0 Å². The maximum atomic E-state index is 13.4. The number of ether oxygens (including phenoxy) is 1. The lowest BCUT2D eigenvalue weighted by molar-refractivity contribution is -0.207. The molecule has 0 saturated heterocycles. The molecule has 0 bridgehead atoms. The Kier molecular flexibility index (Phi) is 5.55. The van der Waals surface area contributed by atoms with Crippen LogP contribution in [0.4, 0.5) is 0 Å². The number of aliphatic hydroxyl groups excluding tert-OH is 1. The van der Waals surface area contributed by atoms with Gasteiger partial charge in [-0.05, 0) is 109 Å². The lowest BCUT2D eigenvalue weighted by atomic mass is 9.33. The van der Waals surface area contributed by atoms with Crippen molar-refractivity contribution >= 4 is 5.97 Å². The first-order valence-corrected chi connectivity index (χ1v) is 14.3. The van der Waals surface area contributed by atoms with Crippen LogP contribution in [0.25, 0.3) is 0 Å². The fourth-order valence-corrected chi connectivity index (χ4v) is 11.0. The molecule has 1 N–H and O–H groups in total. The van der Waals surface area contributed by atoms with Gasteiger partial charge in [-0.15, -0.1) is 0 Å². The molecule has 0 heterocycles. The molecular weight excluding hydrogens is 420 g/mol. The molecule has 2 unspecified atom stereocenters. The van der Waals surface area contributed by atoms with E-state index < -0.39 is 0 Å². The second-order valence-electron chi connectivity index (χ2n) is 14.7. The van der Waals surface area contributed by atoms with E-state index in [9.17, 15) is 9.90 Å². The summed E-state index contributed by atoms with van der Waals surface area (Å²) < 4.78 is 5.51. The molecule has 0 amide bonds. The van der Waals surface area contributed by atoms with Crippen LogP contribution in [0.2, 0.25) is 0 Å². The second kappa shape index (κ2) is 7.59. The summed E-state index contributed by atoms with van der Waals surface area (Å²) in [5.41, 5.74) is 1.91. The Labute approximate surface area is 208 Å². The van der Waals surface area contributed by atoms with Crippen molar-refractivity contribution in [2.45, 2.75) is 112 Å². The summed E-state index contributed by atoms with van der Waals surface area (Å²) in [6, 6.07) is 0. The number of allylic oxidation sites excluding steroid dienone is 2. The number of fused-ring (bicyclic) bond motifs is 7. The molecule has 5 aliphatic rings. The average Bonchev–Trinajstić information content (AvgIpc) is 2.79.